The van der Waals surface area contributed by atoms with Crippen molar-refractivity contribution in [1.29, 1.82) is 0 Å². The van der Waals surface area contributed by atoms with Crippen molar-refractivity contribution in [3.63, 3.8) is 0 Å². The van der Waals surface area contributed by atoms with Gasteiger partial charge in [0.25, 0.3) is 5.91 Å². The number of rotatable bonds is 6. The van der Waals surface area contributed by atoms with Gasteiger partial charge in [-0.3, -0.25) is 9.59 Å². The lowest BCUT2D eigenvalue weighted by molar-refractivity contribution is -0.122. The molecule has 0 aromatic heterocycles. The molecule has 2 N–H and O–H groups in total. The van der Waals surface area contributed by atoms with Gasteiger partial charge in [-0.1, -0.05) is 55.8 Å². The van der Waals surface area contributed by atoms with Gasteiger partial charge >= 0.3 is 0 Å². The molecule has 0 aliphatic heterocycles. The van der Waals surface area contributed by atoms with Gasteiger partial charge in [-0.2, -0.15) is 0 Å². The van der Waals surface area contributed by atoms with Crippen LogP contribution in [-0.4, -0.2) is 18.4 Å². The van der Waals surface area contributed by atoms with Crippen LogP contribution in [0, 0.1) is 0 Å². The number of amides is 2. The maximum atomic E-state index is 12.3. The molecule has 2 aromatic rings. The molecule has 0 unspecified atom stereocenters. The molecule has 2 amide bonds. The highest BCUT2D eigenvalue weighted by atomic mass is 16.2. The first-order valence-electron chi connectivity index (χ1n) is 7.87. The van der Waals surface area contributed by atoms with Gasteiger partial charge < -0.3 is 10.6 Å². The first-order chi connectivity index (χ1) is 11.1. The van der Waals surface area contributed by atoms with E-state index in [4.69, 9.17) is 0 Å². The summed E-state index contributed by atoms with van der Waals surface area (Å²) < 4.78 is 0. The zero-order valence-electron chi connectivity index (χ0n) is 13.6. The van der Waals surface area contributed by atoms with E-state index in [2.05, 4.69) is 17.6 Å². The minimum atomic E-state index is -0.262. The van der Waals surface area contributed by atoms with Crippen LogP contribution >= 0.6 is 0 Å². The van der Waals surface area contributed by atoms with Gasteiger partial charge in [0.2, 0.25) is 5.91 Å². The second-order valence-electron chi connectivity index (χ2n) is 5.42. The van der Waals surface area contributed by atoms with Gasteiger partial charge in [-0.05, 0) is 28.8 Å². The molecule has 4 heteroatoms. The van der Waals surface area contributed by atoms with Crippen LogP contribution in [0.5, 0.6) is 0 Å². The number of fused-ring (bicyclic) bond motifs is 1. The molecule has 0 heterocycles. The van der Waals surface area contributed by atoms with E-state index in [1.807, 2.05) is 42.5 Å². The van der Waals surface area contributed by atoms with Crippen molar-refractivity contribution >= 4 is 28.7 Å². The van der Waals surface area contributed by atoms with E-state index in [0.29, 0.717) is 6.54 Å². The number of nitrogens with one attached hydrogen (secondary N) is 2. The maximum absolute atomic E-state index is 12.3. The summed E-state index contributed by atoms with van der Waals surface area (Å²) in [7, 11) is 0. The normalized spacial score (nSPS) is 11.3. The Morgan fingerprint density at radius 2 is 1.83 bits per heavy atom. The van der Waals surface area contributed by atoms with Crippen molar-refractivity contribution in [2.24, 2.45) is 0 Å². The van der Waals surface area contributed by atoms with Crippen LogP contribution in [0.1, 0.15) is 32.3 Å². The van der Waals surface area contributed by atoms with Crippen molar-refractivity contribution in [2.45, 2.75) is 26.7 Å². The minimum Gasteiger partial charge on any atom is -0.351 e. The number of unbranched alkanes of at least 4 members (excludes halogenated alkanes) is 1. The molecule has 120 valence electrons. The van der Waals surface area contributed by atoms with Gasteiger partial charge in [-0.25, -0.2) is 0 Å². The minimum absolute atomic E-state index is 0.262. The summed E-state index contributed by atoms with van der Waals surface area (Å²) in [6, 6.07) is 13.8. The van der Waals surface area contributed by atoms with Crippen LogP contribution in [0.15, 0.2) is 48.2 Å². The highest BCUT2D eigenvalue weighted by Crippen LogP contribution is 2.20. The zero-order chi connectivity index (χ0) is 16.7. The summed E-state index contributed by atoms with van der Waals surface area (Å²) in [4.78, 5) is 23.7. The van der Waals surface area contributed by atoms with Crippen molar-refractivity contribution in [2.75, 3.05) is 6.54 Å². The number of hydrogen-bond donors (Lipinski definition) is 2. The molecule has 0 radical (unpaired) electrons. The lowest BCUT2D eigenvalue weighted by atomic mass is 10.0. The Balaban J connectivity index is 2.35. The maximum Gasteiger partial charge on any atom is 0.267 e. The highest BCUT2D eigenvalue weighted by Gasteiger charge is 2.11. The fourth-order valence-corrected chi connectivity index (χ4v) is 2.35. The van der Waals surface area contributed by atoms with Crippen molar-refractivity contribution in [3.05, 3.63) is 53.7 Å². The summed E-state index contributed by atoms with van der Waals surface area (Å²) >= 11 is 0. The Bertz CT molecular complexity index is 730. The fourth-order valence-electron chi connectivity index (χ4n) is 2.35. The molecule has 2 rings (SSSR count). The first-order valence-corrected chi connectivity index (χ1v) is 7.87. The monoisotopic (exact) mass is 310 g/mol. The molecule has 0 fully saturated rings. The average Bonchev–Trinajstić information content (AvgIpc) is 2.54. The lowest BCUT2D eigenvalue weighted by Gasteiger charge is -2.10. The largest absolute Gasteiger partial charge is 0.351 e. The number of carbonyl (C=O) groups is 2. The molecule has 0 spiro atoms. The van der Waals surface area contributed by atoms with Gasteiger partial charge in [0.15, 0.2) is 0 Å². The van der Waals surface area contributed by atoms with E-state index in [1.165, 1.54) is 6.92 Å². The van der Waals surface area contributed by atoms with E-state index < -0.39 is 0 Å². The summed E-state index contributed by atoms with van der Waals surface area (Å²) in [5, 5.41) is 7.60. The second kappa shape index (κ2) is 8.13. The Morgan fingerprint density at radius 3 is 2.57 bits per heavy atom. The molecule has 0 aliphatic rings. The first kappa shape index (κ1) is 16.7. The third-order valence-electron chi connectivity index (χ3n) is 3.49. The molecule has 4 nitrogen and oxygen atoms in total. The number of hydrogen-bond acceptors (Lipinski definition) is 2. The van der Waals surface area contributed by atoms with Gasteiger partial charge in [0.05, 0.1) is 0 Å². The van der Waals surface area contributed by atoms with E-state index >= 15 is 0 Å². The molecule has 23 heavy (non-hydrogen) atoms. The van der Waals surface area contributed by atoms with Gasteiger partial charge in [0, 0.05) is 13.5 Å². The van der Waals surface area contributed by atoms with E-state index in [-0.39, 0.29) is 17.5 Å². The topological polar surface area (TPSA) is 58.2 Å². The zero-order valence-corrected chi connectivity index (χ0v) is 13.6. The van der Waals surface area contributed by atoms with Crippen molar-refractivity contribution in [1.82, 2.24) is 10.6 Å². The quantitative estimate of drug-likeness (QED) is 0.636. The van der Waals surface area contributed by atoms with Crippen molar-refractivity contribution < 1.29 is 9.59 Å². The lowest BCUT2D eigenvalue weighted by Crippen LogP contribution is -2.34. The van der Waals surface area contributed by atoms with Gasteiger partial charge in [-0.15, -0.1) is 0 Å². The van der Waals surface area contributed by atoms with Crippen LogP contribution < -0.4 is 10.6 Å². The van der Waals surface area contributed by atoms with E-state index in [0.717, 1.165) is 29.2 Å². The predicted molar refractivity (Wildman–Crippen MR) is 93.7 cm³/mol. The Hall–Kier alpha value is -2.62. The van der Waals surface area contributed by atoms with Crippen LogP contribution in [0.4, 0.5) is 0 Å². The molecular formula is C19H22N2O2. The molecule has 2 aromatic carbocycles. The summed E-state index contributed by atoms with van der Waals surface area (Å²) in [5.41, 5.74) is 1.17. The average molecular weight is 310 g/mol. The molecule has 0 saturated heterocycles. The summed E-state index contributed by atoms with van der Waals surface area (Å²) in [5.74, 6) is -0.524. The Morgan fingerprint density at radius 1 is 1.09 bits per heavy atom. The van der Waals surface area contributed by atoms with Crippen LogP contribution in [-0.2, 0) is 9.59 Å². The molecule has 0 atom stereocenters. The Kier molecular flexibility index (Phi) is 5.92. The highest BCUT2D eigenvalue weighted by molar-refractivity contribution is 6.03. The summed E-state index contributed by atoms with van der Waals surface area (Å²) in [6.07, 6.45) is 3.64. The Labute approximate surface area is 136 Å². The number of benzene rings is 2. The molecule has 0 bridgehead atoms. The number of carbonyl (C=O) groups excluding carboxylic acids is 2. The van der Waals surface area contributed by atoms with E-state index in [9.17, 15) is 9.59 Å². The molecular weight excluding hydrogens is 288 g/mol. The fraction of sp³-hybridized carbons (Fsp3) is 0.263. The molecule has 0 aliphatic carbocycles. The van der Waals surface area contributed by atoms with Crippen molar-refractivity contribution in [3.8, 4) is 0 Å². The van der Waals surface area contributed by atoms with Crippen LogP contribution in [0.3, 0.4) is 0 Å². The van der Waals surface area contributed by atoms with Crippen LogP contribution in [0.25, 0.3) is 16.8 Å². The third kappa shape index (κ3) is 4.68. The van der Waals surface area contributed by atoms with E-state index in [1.54, 1.807) is 6.08 Å². The SMILES string of the molecule is CCCCNC(=O)/C(=C/c1cccc2ccccc12)NC(C)=O. The smallest absolute Gasteiger partial charge is 0.267 e. The van der Waals surface area contributed by atoms with Gasteiger partial charge in [0.1, 0.15) is 5.70 Å². The predicted octanol–water partition coefficient (Wildman–Crippen LogP) is 3.23. The third-order valence-corrected chi connectivity index (χ3v) is 3.49. The second-order valence-corrected chi connectivity index (χ2v) is 5.42. The molecule has 0 saturated carbocycles. The standard InChI is InChI=1S/C19H22N2O2/c1-3-4-12-20-19(23)18(21-14(2)22)13-16-10-7-9-15-8-5-6-11-17(15)16/h5-11,13H,3-4,12H2,1-2H3,(H,20,23)(H,21,22)/b18-13-. The summed E-state index contributed by atoms with van der Waals surface area (Å²) in [6.45, 7) is 4.06. The van der Waals surface area contributed by atoms with Crippen LogP contribution in [0.2, 0.25) is 0 Å².